The van der Waals surface area contributed by atoms with E-state index in [2.05, 4.69) is 15.9 Å². The quantitative estimate of drug-likeness (QED) is 0.340. The third-order valence-electron chi connectivity index (χ3n) is 5.10. The average molecular weight is 490 g/mol. The molecule has 0 N–H and O–H groups in total. The summed E-state index contributed by atoms with van der Waals surface area (Å²) in [5, 5.41) is 0. The predicted octanol–water partition coefficient (Wildman–Crippen LogP) is 5.72. The summed E-state index contributed by atoms with van der Waals surface area (Å²) in [6.45, 7) is 0. The number of carbonyl (C=O) groups excluding carboxylic acids is 2. The van der Waals surface area contributed by atoms with Gasteiger partial charge in [0, 0.05) is 11.3 Å². The highest BCUT2D eigenvalue weighted by Gasteiger charge is 2.30. The number of esters is 1. The fourth-order valence-corrected chi connectivity index (χ4v) is 4.07. The van der Waals surface area contributed by atoms with E-state index < -0.39 is 5.97 Å². The molecule has 0 aliphatic carbocycles. The normalized spacial score (nSPS) is 14.5. The molecule has 6 heteroatoms. The summed E-state index contributed by atoms with van der Waals surface area (Å²) >= 11 is 3.49. The lowest BCUT2D eigenvalue weighted by Crippen LogP contribution is -2.25. The van der Waals surface area contributed by atoms with E-state index in [1.807, 2.05) is 60.7 Å². The van der Waals surface area contributed by atoms with Crippen LogP contribution in [0.25, 0.3) is 11.8 Å². The van der Waals surface area contributed by atoms with Crippen LogP contribution in [0.2, 0.25) is 0 Å². The lowest BCUT2D eigenvalue weighted by Gasteiger charge is -2.21. The molecule has 3 aromatic rings. The van der Waals surface area contributed by atoms with Gasteiger partial charge in [0.25, 0.3) is 5.91 Å². The van der Waals surface area contributed by atoms with Crippen LogP contribution < -0.4 is 9.64 Å². The third-order valence-corrected chi connectivity index (χ3v) is 5.72. The highest BCUT2D eigenvalue weighted by molar-refractivity contribution is 9.10. The van der Waals surface area contributed by atoms with Gasteiger partial charge in [-0.15, -0.1) is 0 Å². The summed E-state index contributed by atoms with van der Waals surface area (Å²) in [6, 6.07) is 22.2. The molecule has 160 valence electrons. The number of anilines is 1. The predicted molar refractivity (Wildman–Crippen MR) is 128 cm³/mol. The van der Waals surface area contributed by atoms with E-state index in [4.69, 9.17) is 9.47 Å². The number of benzene rings is 3. The summed E-state index contributed by atoms with van der Waals surface area (Å²) in [5.74, 6) is 0.146. The van der Waals surface area contributed by atoms with Gasteiger partial charge in [-0.3, -0.25) is 9.69 Å². The van der Waals surface area contributed by atoms with Gasteiger partial charge in [-0.2, -0.15) is 0 Å². The minimum Gasteiger partial charge on any atom is -0.496 e. The number of amides is 1. The molecular formula is C26H20BrNO4. The summed E-state index contributed by atoms with van der Waals surface area (Å²) in [4.78, 5) is 26.9. The van der Waals surface area contributed by atoms with E-state index in [1.54, 1.807) is 36.3 Å². The Morgan fingerprint density at radius 2 is 1.69 bits per heavy atom. The van der Waals surface area contributed by atoms with Crippen molar-refractivity contribution < 1.29 is 19.1 Å². The van der Waals surface area contributed by atoms with Crippen molar-refractivity contribution in [1.29, 1.82) is 0 Å². The molecule has 1 heterocycles. The highest BCUT2D eigenvalue weighted by Crippen LogP contribution is 2.36. The van der Waals surface area contributed by atoms with Crippen LogP contribution in [0.4, 0.5) is 5.69 Å². The van der Waals surface area contributed by atoms with Gasteiger partial charge in [0.2, 0.25) is 0 Å². The lowest BCUT2D eigenvalue weighted by molar-refractivity contribution is -0.113. The molecule has 0 bridgehead atoms. The van der Waals surface area contributed by atoms with Crippen molar-refractivity contribution in [3.8, 4) is 5.75 Å². The van der Waals surface area contributed by atoms with Crippen LogP contribution in [0.1, 0.15) is 21.5 Å². The van der Waals surface area contributed by atoms with Gasteiger partial charge in [-0.25, -0.2) is 4.79 Å². The van der Waals surface area contributed by atoms with Gasteiger partial charge in [-0.1, -0.05) is 36.4 Å². The fraction of sp³-hybridized carbons (Fsp3) is 0.0769. The second-order valence-corrected chi connectivity index (χ2v) is 7.92. The molecule has 0 radical (unpaired) electrons. The summed E-state index contributed by atoms with van der Waals surface area (Å²) in [5.41, 5.74) is 4.19. The Hall–Kier alpha value is -3.64. The number of halogens is 1. The summed E-state index contributed by atoms with van der Waals surface area (Å²) in [7, 11) is 2.95. The molecule has 32 heavy (non-hydrogen) atoms. The van der Waals surface area contributed by atoms with Gasteiger partial charge in [0.05, 0.1) is 30.0 Å². The Morgan fingerprint density at radius 3 is 2.31 bits per heavy atom. The maximum atomic E-state index is 13.5. The number of rotatable bonds is 5. The largest absolute Gasteiger partial charge is 0.496 e. The molecule has 4 rings (SSSR count). The zero-order valence-corrected chi connectivity index (χ0v) is 19.1. The summed E-state index contributed by atoms with van der Waals surface area (Å²) in [6.07, 6.45) is 3.72. The van der Waals surface area contributed by atoms with Crippen molar-refractivity contribution in [3.05, 3.63) is 106 Å². The van der Waals surface area contributed by atoms with E-state index >= 15 is 0 Å². The van der Waals surface area contributed by atoms with Crippen molar-refractivity contribution in [2.75, 3.05) is 19.1 Å². The number of ether oxygens (including phenoxy) is 2. The minimum absolute atomic E-state index is 0.151. The molecule has 0 saturated heterocycles. The van der Waals surface area contributed by atoms with Gasteiger partial charge >= 0.3 is 5.97 Å². The van der Waals surface area contributed by atoms with Crippen LogP contribution in [-0.2, 0) is 9.53 Å². The lowest BCUT2D eigenvalue weighted by atomic mass is 10.1. The van der Waals surface area contributed by atoms with E-state index in [9.17, 15) is 9.59 Å². The first-order valence-electron chi connectivity index (χ1n) is 9.87. The Morgan fingerprint density at radius 1 is 0.969 bits per heavy atom. The number of methoxy groups -OCH3 is 2. The van der Waals surface area contributed by atoms with E-state index in [0.29, 0.717) is 16.8 Å². The van der Waals surface area contributed by atoms with E-state index in [1.165, 1.54) is 7.11 Å². The second kappa shape index (κ2) is 9.24. The highest BCUT2D eigenvalue weighted by atomic mass is 79.9. The summed E-state index contributed by atoms with van der Waals surface area (Å²) < 4.78 is 10.9. The van der Waals surface area contributed by atoms with Gasteiger partial charge in [0.1, 0.15) is 5.75 Å². The molecule has 5 nitrogen and oxygen atoms in total. The first kappa shape index (κ1) is 21.6. The Kier molecular flexibility index (Phi) is 6.23. The number of hydrogen-bond acceptors (Lipinski definition) is 4. The van der Waals surface area contributed by atoms with Crippen LogP contribution >= 0.6 is 15.9 Å². The van der Waals surface area contributed by atoms with E-state index in [-0.39, 0.29) is 5.91 Å². The monoisotopic (exact) mass is 489 g/mol. The SMILES string of the molecule is COC(=O)c1ccc(N2C(=O)/C(=C\c3ccc(OC)c(Br)c3)C=C2c2ccccc2)cc1. The van der Waals surface area contributed by atoms with Crippen LogP contribution in [0.5, 0.6) is 5.75 Å². The Bertz CT molecular complexity index is 1230. The topological polar surface area (TPSA) is 55.8 Å². The van der Waals surface area contributed by atoms with Gasteiger partial charge in [0.15, 0.2) is 0 Å². The molecule has 0 aromatic heterocycles. The van der Waals surface area contributed by atoms with Gasteiger partial charge < -0.3 is 9.47 Å². The molecule has 0 spiro atoms. The molecule has 1 aliphatic rings. The smallest absolute Gasteiger partial charge is 0.337 e. The van der Waals surface area contributed by atoms with Crippen LogP contribution in [0.15, 0.2) is 88.9 Å². The first-order valence-corrected chi connectivity index (χ1v) is 10.7. The molecular weight excluding hydrogens is 470 g/mol. The molecule has 3 aromatic carbocycles. The number of carbonyl (C=O) groups is 2. The number of hydrogen-bond donors (Lipinski definition) is 0. The number of nitrogens with zero attached hydrogens (tertiary/aromatic N) is 1. The van der Waals surface area contributed by atoms with Crippen molar-refractivity contribution >= 4 is 45.3 Å². The zero-order chi connectivity index (χ0) is 22.7. The van der Waals surface area contributed by atoms with Crippen molar-refractivity contribution in [1.82, 2.24) is 0 Å². The second-order valence-electron chi connectivity index (χ2n) is 7.07. The third kappa shape index (κ3) is 4.22. The average Bonchev–Trinajstić information content (AvgIpc) is 3.15. The van der Waals surface area contributed by atoms with E-state index in [0.717, 1.165) is 27.0 Å². The van der Waals surface area contributed by atoms with Crippen molar-refractivity contribution in [3.63, 3.8) is 0 Å². The molecule has 0 fully saturated rings. The molecule has 1 amide bonds. The van der Waals surface area contributed by atoms with Crippen LogP contribution in [0.3, 0.4) is 0 Å². The zero-order valence-electron chi connectivity index (χ0n) is 17.5. The standard InChI is InChI=1S/C26H20BrNO4/c1-31-24-13-8-17(15-22(24)27)14-20-16-23(18-6-4-3-5-7-18)28(25(20)29)21-11-9-19(10-12-21)26(30)32-2/h3-16H,1-2H3/b20-14-. The molecule has 0 unspecified atom stereocenters. The van der Waals surface area contributed by atoms with Crippen molar-refractivity contribution in [2.45, 2.75) is 0 Å². The minimum atomic E-state index is -0.422. The Balaban J connectivity index is 1.76. The maximum Gasteiger partial charge on any atom is 0.337 e. The fourth-order valence-electron chi connectivity index (χ4n) is 3.51. The molecule has 0 atom stereocenters. The van der Waals surface area contributed by atoms with Crippen LogP contribution in [-0.4, -0.2) is 26.1 Å². The van der Waals surface area contributed by atoms with Gasteiger partial charge in [-0.05, 0) is 75.6 Å². The van der Waals surface area contributed by atoms with Crippen molar-refractivity contribution in [2.24, 2.45) is 0 Å². The Labute approximate surface area is 194 Å². The maximum absolute atomic E-state index is 13.5. The molecule has 1 aliphatic heterocycles. The molecule has 0 saturated carbocycles. The van der Waals surface area contributed by atoms with Crippen LogP contribution in [0, 0.1) is 0 Å². The first-order chi connectivity index (χ1) is 15.5.